The van der Waals surface area contributed by atoms with E-state index in [0.717, 1.165) is 16.9 Å². The van der Waals surface area contributed by atoms with E-state index < -0.39 is 10.0 Å². The highest BCUT2D eigenvalue weighted by Crippen LogP contribution is 2.27. The first-order valence-electron chi connectivity index (χ1n) is 9.89. The third-order valence-electron chi connectivity index (χ3n) is 4.82. The minimum Gasteiger partial charge on any atom is -0.279 e. The topological polar surface area (TPSA) is 102 Å². The highest BCUT2D eigenvalue weighted by molar-refractivity contribution is 7.94. The summed E-state index contributed by atoms with van der Waals surface area (Å²) in [6.45, 7) is 2.00. The molecule has 1 N–H and O–H groups in total. The summed E-state index contributed by atoms with van der Waals surface area (Å²) in [4.78, 5) is 5.35. The van der Waals surface area contributed by atoms with Crippen LogP contribution in [0.4, 0.5) is 5.69 Å². The Labute approximate surface area is 188 Å². The molecule has 5 rings (SSSR count). The normalized spacial score (nSPS) is 11.7. The number of hydrogen-bond donors (Lipinski definition) is 1. The first-order chi connectivity index (χ1) is 15.5. The fraction of sp³-hybridized carbons (Fsp3) is 0.0909. The molecule has 160 valence electrons. The highest BCUT2D eigenvalue weighted by Gasteiger charge is 2.17. The lowest BCUT2D eigenvalue weighted by Gasteiger charge is -2.08. The van der Waals surface area contributed by atoms with Gasteiger partial charge in [0.25, 0.3) is 10.0 Å². The number of pyridine rings is 1. The molecule has 0 aliphatic rings. The second-order valence-corrected chi connectivity index (χ2v) is 10.1. The van der Waals surface area contributed by atoms with Gasteiger partial charge in [0, 0.05) is 22.3 Å². The van der Waals surface area contributed by atoms with Crippen LogP contribution < -0.4 is 4.72 Å². The number of anilines is 1. The summed E-state index contributed by atoms with van der Waals surface area (Å²) in [7, 11) is -3.66. The number of nitrogens with one attached hydrogen (secondary N) is 1. The number of thiophene rings is 1. The Morgan fingerprint density at radius 2 is 1.88 bits per heavy atom. The first kappa shape index (κ1) is 20.3. The maximum absolute atomic E-state index is 12.8. The molecular formula is C22H18N6O2S2. The molecule has 0 aliphatic carbocycles. The second kappa shape index (κ2) is 8.13. The van der Waals surface area contributed by atoms with Gasteiger partial charge in [-0.05, 0) is 55.0 Å². The third-order valence-corrected chi connectivity index (χ3v) is 7.92. The molecular weight excluding hydrogens is 444 g/mol. The van der Waals surface area contributed by atoms with Gasteiger partial charge in [-0.1, -0.05) is 25.1 Å². The SMILES string of the molecule is CCc1ccc(S(=O)(=O)Nc2cccc(-c3ccc4nnc(-c5ccccn5)n4n3)c2)s1. The Morgan fingerprint density at radius 1 is 0.969 bits per heavy atom. The summed E-state index contributed by atoms with van der Waals surface area (Å²) in [5, 5.41) is 13.0. The first-order valence-corrected chi connectivity index (χ1v) is 12.2. The molecule has 1 aromatic carbocycles. The van der Waals surface area contributed by atoms with Crippen LogP contribution in [0.1, 0.15) is 11.8 Å². The maximum atomic E-state index is 12.8. The summed E-state index contributed by atoms with van der Waals surface area (Å²) in [6.07, 6.45) is 2.49. The molecule has 0 unspecified atom stereocenters. The van der Waals surface area contributed by atoms with Crippen molar-refractivity contribution in [2.24, 2.45) is 0 Å². The van der Waals surface area contributed by atoms with Gasteiger partial charge in [-0.15, -0.1) is 21.5 Å². The van der Waals surface area contributed by atoms with Crippen molar-refractivity contribution in [1.29, 1.82) is 0 Å². The van der Waals surface area contributed by atoms with Crippen LogP contribution in [0.2, 0.25) is 0 Å². The Kier molecular flexibility index (Phi) is 5.16. The van der Waals surface area contributed by atoms with E-state index in [-0.39, 0.29) is 0 Å². The molecule has 4 heterocycles. The Morgan fingerprint density at radius 3 is 2.66 bits per heavy atom. The second-order valence-electron chi connectivity index (χ2n) is 6.99. The van der Waals surface area contributed by atoms with E-state index in [2.05, 4.69) is 25.0 Å². The largest absolute Gasteiger partial charge is 0.279 e. The van der Waals surface area contributed by atoms with E-state index in [1.807, 2.05) is 49.4 Å². The smallest absolute Gasteiger partial charge is 0.271 e. The van der Waals surface area contributed by atoms with Gasteiger partial charge >= 0.3 is 0 Å². The van der Waals surface area contributed by atoms with E-state index in [1.54, 1.807) is 35.0 Å². The van der Waals surface area contributed by atoms with Gasteiger partial charge in [0.05, 0.1) is 5.69 Å². The quantitative estimate of drug-likeness (QED) is 0.404. The molecule has 4 aromatic heterocycles. The van der Waals surface area contributed by atoms with Crippen LogP contribution in [0, 0.1) is 0 Å². The van der Waals surface area contributed by atoms with E-state index in [0.29, 0.717) is 32.8 Å². The van der Waals surface area contributed by atoms with E-state index in [9.17, 15) is 8.42 Å². The number of fused-ring (bicyclic) bond motifs is 1. The van der Waals surface area contributed by atoms with Gasteiger partial charge in [-0.25, -0.2) is 8.42 Å². The van der Waals surface area contributed by atoms with Crippen LogP contribution in [-0.4, -0.2) is 33.2 Å². The predicted octanol–water partition coefficient (Wildman–Crippen LogP) is 4.28. The lowest BCUT2D eigenvalue weighted by molar-refractivity contribution is 0.603. The third kappa shape index (κ3) is 3.85. The maximum Gasteiger partial charge on any atom is 0.271 e. The van der Waals surface area contributed by atoms with Crippen molar-refractivity contribution in [2.75, 3.05) is 4.72 Å². The van der Waals surface area contributed by atoms with Crippen LogP contribution in [0.5, 0.6) is 0 Å². The van der Waals surface area contributed by atoms with E-state index >= 15 is 0 Å². The van der Waals surface area contributed by atoms with Crippen LogP contribution >= 0.6 is 11.3 Å². The molecule has 0 saturated carbocycles. The van der Waals surface area contributed by atoms with Crippen molar-refractivity contribution in [1.82, 2.24) is 24.8 Å². The molecule has 0 radical (unpaired) electrons. The van der Waals surface area contributed by atoms with E-state index in [1.165, 1.54) is 11.3 Å². The van der Waals surface area contributed by atoms with Crippen molar-refractivity contribution >= 4 is 32.7 Å². The van der Waals surface area contributed by atoms with Crippen LogP contribution in [0.15, 0.2) is 77.1 Å². The van der Waals surface area contributed by atoms with Gasteiger partial charge in [-0.3, -0.25) is 9.71 Å². The predicted molar refractivity (Wildman–Crippen MR) is 124 cm³/mol. The number of sulfonamides is 1. The van der Waals surface area contributed by atoms with Gasteiger partial charge < -0.3 is 0 Å². The zero-order chi connectivity index (χ0) is 22.1. The lowest BCUT2D eigenvalue weighted by Crippen LogP contribution is -2.11. The molecule has 0 spiro atoms. The molecule has 0 bridgehead atoms. The lowest BCUT2D eigenvalue weighted by atomic mass is 10.1. The summed E-state index contributed by atoms with van der Waals surface area (Å²) in [6, 6.07) is 19.8. The fourth-order valence-electron chi connectivity index (χ4n) is 3.24. The number of benzene rings is 1. The van der Waals surface area contributed by atoms with Crippen LogP contribution in [0.3, 0.4) is 0 Å². The number of aromatic nitrogens is 5. The van der Waals surface area contributed by atoms with Gasteiger partial charge in [-0.2, -0.15) is 9.61 Å². The van der Waals surface area contributed by atoms with Gasteiger partial charge in [0.1, 0.15) is 9.90 Å². The van der Waals surface area contributed by atoms with Gasteiger partial charge in [0.2, 0.25) is 5.82 Å². The number of aryl methyl sites for hydroxylation is 1. The zero-order valence-electron chi connectivity index (χ0n) is 17.0. The molecule has 0 aliphatic heterocycles. The standard InChI is InChI=1S/C22H18N6O2S2/c1-2-17-9-12-21(31-17)32(29,30)27-16-7-5-6-15(14-16)18-10-11-20-24-25-22(28(20)26-18)19-8-3-4-13-23-19/h3-14,27H,2H2,1H3. The van der Waals surface area contributed by atoms with E-state index in [4.69, 9.17) is 0 Å². The number of rotatable bonds is 6. The number of hydrogen-bond acceptors (Lipinski definition) is 7. The Balaban J connectivity index is 1.49. The Bertz CT molecular complexity index is 1510. The Hall–Kier alpha value is -3.63. The minimum atomic E-state index is -3.66. The average Bonchev–Trinajstić information content (AvgIpc) is 3.47. The summed E-state index contributed by atoms with van der Waals surface area (Å²) in [5.41, 5.74) is 3.13. The van der Waals surface area contributed by atoms with Gasteiger partial charge in [0.15, 0.2) is 5.65 Å². The molecule has 8 nitrogen and oxygen atoms in total. The molecule has 10 heteroatoms. The summed E-state index contributed by atoms with van der Waals surface area (Å²) in [5.74, 6) is 0.531. The highest BCUT2D eigenvalue weighted by atomic mass is 32.2. The molecule has 0 saturated heterocycles. The van der Waals surface area contributed by atoms with Crippen molar-refractivity contribution in [3.8, 4) is 22.8 Å². The van der Waals surface area contributed by atoms with Crippen molar-refractivity contribution in [2.45, 2.75) is 17.6 Å². The average molecular weight is 463 g/mol. The van der Waals surface area contributed by atoms with Crippen molar-refractivity contribution in [3.05, 3.63) is 77.8 Å². The number of nitrogens with zero attached hydrogens (tertiary/aromatic N) is 5. The van der Waals surface area contributed by atoms with Crippen molar-refractivity contribution < 1.29 is 8.42 Å². The molecule has 0 atom stereocenters. The molecule has 0 fully saturated rings. The molecule has 0 amide bonds. The fourth-order valence-corrected chi connectivity index (χ4v) is 5.58. The monoisotopic (exact) mass is 462 g/mol. The molecule has 32 heavy (non-hydrogen) atoms. The van der Waals surface area contributed by atoms with Crippen molar-refractivity contribution in [3.63, 3.8) is 0 Å². The minimum absolute atomic E-state index is 0.295. The van der Waals surface area contributed by atoms with Crippen LogP contribution in [0.25, 0.3) is 28.4 Å². The summed E-state index contributed by atoms with van der Waals surface area (Å²) >= 11 is 1.28. The molecule has 5 aromatic rings. The zero-order valence-corrected chi connectivity index (χ0v) is 18.6. The summed E-state index contributed by atoms with van der Waals surface area (Å²) < 4.78 is 30.1. The van der Waals surface area contributed by atoms with Crippen LogP contribution in [-0.2, 0) is 16.4 Å².